The second-order valence-electron chi connectivity index (χ2n) is 11.8. The maximum absolute atomic E-state index is 5.33. The Morgan fingerprint density at radius 1 is 0.457 bits per heavy atom. The summed E-state index contributed by atoms with van der Waals surface area (Å²) in [6.45, 7) is 0. The van der Waals surface area contributed by atoms with Gasteiger partial charge in [0.25, 0.3) is 0 Å². The molecule has 3 nitrogen and oxygen atoms in total. The van der Waals surface area contributed by atoms with Crippen LogP contribution in [0.4, 0.5) is 0 Å². The van der Waals surface area contributed by atoms with Crippen molar-refractivity contribution in [3.63, 3.8) is 0 Å². The van der Waals surface area contributed by atoms with Crippen molar-refractivity contribution in [3.05, 3.63) is 152 Å². The molecule has 0 amide bonds. The van der Waals surface area contributed by atoms with E-state index in [0.717, 1.165) is 33.5 Å². The minimum atomic E-state index is 0.670. The van der Waals surface area contributed by atoms with Gasteiger partial charge in [0.05, 0.1) is 22.4 Å². The van der Waals surface area contributed by atoms with E-state index in [9.17, 15) is 0 Å². The highest BCUT2D eigenvalue weighted by Crippen LogP contribution is 2.49. The van der Waals surface area contributed by atoms with E-state index in [1.54, 1.807) is 0 Å². The van der Waals surface area contributed by atoms with Gasteiger partial charge in [-0.2, -0.15) is 0 Å². The molecule has 4 heteroatoms. The smallest absolute Gasteiger partial charge is 0.235 e. The molecule has 10 aromatic rings. The van der Waals surface area contributed by atoms with Crippen LogP contribution in [0.2, 0.25) is 0 Å². The lowest BCUT2D eigenvalue weighted by molar-refractivity contribution is 0.998. The molecule has 3 aromatic heterocycles. The summed E-state index contributed by atoms with van der Waals surface area (Å²) in [5.74, 6) is 0.670. The van der Waals surface area contributed by atoms with Gasteiger partial charge in [-0.05, 0) is 34.4 Å². The predicted octanol–water partition coefficient (Wildman–Crippen LogP) is 11.6. The third kappa shape index (κ3) is 3.65. The van der Waals surface area contributed by atoms with E-state index in [1.807, 2.05) is 23.5 Å². The van der Waals surface area contributed by atoms with Gasteiger partial charge in [0.15, 0.2) is 0 Å². The van der Waals surface area contributed by atoms with Crippen molar-refractivity contribution in [1.29, 1.82) is 0 Å². The first kappa shape index (κ1) is 25.5. The van der Waals surface area contributed by atoms with Gasteiger partial charge in [-0.15, -0.1) is 11.3 Å². The van der Waals surface area contributed by atoms with Crippen molar-refractivity contribution in [3.8, 4) is 28.5 Å². The van der Waals surface area contributed by atoms with Gasteiger partial charge in [0, 0.05) is 47.5 Å². The van der Waals surface area contributed by atoms with Gasteiger partial charge in [-0.3, -0.25) is 4.57 Å². The Morgan fingerprint density at radius 3 is 1.80 bits per heavy atom. The zero-order chi connectivity index (χ0) is 30.2. The van der Waals surface area contributed by atoms with Gasteiger partial charge >= 0.3 is 0 Å². The molecule has 0 bridgehead atoms. The molecule has 0 fully saturated rings. The van der Waals surface area contributed by atoms with E-state index in [4.69, 9.17) is 9.97 Å². The molecule has 0 saturated carbocycles. The topological polar surface area (TPSA) is 30.7 Å². The Balaban J connectivity index is 1.45. The quantitative estimate of drug-likeness (QED) is 0.188. The number of hydrogen-bond acceptors (Lipinski definition) is 3. The predicted molar refractivity (Wildman–Crippen MR) is 195 cm³/mol. The lowest BCUT2D eigenvalue weighted by Gasteiger charge is -2.13. The molecule has 3 heterocycles. The molecule has 0 atom stereocenters. The molecular formula is C42H25N3S. The normalized spacial score (nSPS) is 11.9. The first-order valence-electron chi connectivity index (χ1n) is 15.5. The number of hydrogen-bond donors (Lipinski definition) is 0. The van der Waals surface area contributed by atoms with E-state index in [2.05, 4.69) is 144 Å². The van der Waals surface area contributed by atoms with Gasteiger partial charge in [-0.1, -0.05) is 133 Å². The van der Waals surface area contributed by atoms with E-state index >= 15 is 0 Å². The Hall–Kier alpha value is -5.84. The van der Waals surface area contributed by atoms with Crippen LogP contribution in [-0.4, -0.2) is 14.5 Å². The van der Waals surface area contributed by atoms with E-state index < -0.39 is 0 Å². The van der Waals surface area contributed by atoms with Crippen LogP contribution in [0.25, 0.3) is 92.0 Å². The standard InChI is InChI=1S/C42H25N3S/c1-3-14-27(15-4-1)33-25-34(28-16-5-2-6-17-28)44-42(43-33)45-35-21-11-9-19-30(35)37-32-24-23-26-13-7-8-18-29(26)38(32)41-39(40(37)45)31-20-10-12-22-36(31)46-41/h1-25H. The fourth-order valence-corrected chi connectivity index (χ4v) is 8.46. The van der Waals surface area contributed by atoms with Gasteiger partial charge in [-0.25, -0.2) is 9.97 Å². The maximum atomic E-state index is 5.33. The summed E-state index contributed by atoms with van der Waals surface area (Å²) in [5.41, 5.74) is 6.17. The number of rotatable bonds is 3. The summed E-state index contributed by atoms with van der Waals surface area (Å²) in [4.78, 5) is 10.7. The second-order valence-corrected chi connectivity index (χ2v) is 12.8. The van der Waals surface area contributed by atoms with E-state index in [-0.39, 0.29) is 0 Å². The Labute approximate surface area is 268 Å². The first-order valence-corrected chi connectivity index (χ1v) is 16.3. The third-order valence-electron chi connectivity index (χ3n) is 9.19. The van der Waals surface area contributed by atoms with Crippen molar-refractivity contribution in [2.45, 2.75) is 0 Å². The summed E-state index contributed by atoms with van der Waals surface area (Å²) in [6, 6.07) is 53.8. The highest BCUT2D eigenvalue weighted by Gasteiger charge is 2.24. The molecule has 0 aliphatic carbocycles. The lowest BCUT2D eigenvalue weighted by Crippen LogP contribution is -2.04. The second kappa shape index (κ2) is 9.83. The summed E-state index contributed by atoms with van der Waals surface area (Å²) in [6.07, 6.45) is 0. The maximum Gasteiger partial charge on any atom is 0.235 e. The van der Waals surface area contributed by atoms with Crippen molar-refractivity contribution in [2.75, 3.05) is 0 Å². The average molecular weight is 604 g/mol. The van der Waals surface area contributed by atoms with Crippen LogP contribution < -0.4 is 0 Å². The van der Waals surface area contributed by atoms with Crippen LogP contribution in [0.5, 0.6) is 0 Å². The molecule has 0 aliphatic rings. The largest absolute Gasteiger partial charge is 0.277 e. The number of benzene rings is 7. The Bertz CT molecular complexity index is 2740. The Morgan fingerprint density at radius 2 is 1.07 bits per heavy atom. The van der Waals surface area contributed by atoms with Gasteiger partial charge in [0.1, 0.15) is 0 Å². The molecule has 0 aliphatic heterocycles. The van der Waals surface area contributed by atoms with Gasteiger partial charge < -0.3 is 0 Å². The zero-order valence-corrected chi connectivity index (χ0v) is 25.5. The molecule has 0 N–H and O–H groups in total. The van der Waals surface area contributed by atoms with Crippen LogP contribution in [0.3, 0.4) is 0 Å². The summed E-state index contributed by atoms with van der Waals surface area (Å²) < 4.78 is 4.90. The SMILES string of the molecule is c1ccc(-c2cc(-c3ccccc3)nc(-n3c4ccccc4c4c5ccc6ccccc6c5c5sc6ccccc6c5c43)n2)cc1. The van der Waals surface area contributed by atoms with Crippen LogP contribution in [-0.2, 0) is 0 Å². The fraction of sp³-hybridized carbons (Fsp3) is 0. The molecule has 0 saturated heterocycles. The molecule has 7 aromatic carbocycles. The van der Waals surface area contributed by atoms with Crippen LogP contribution in [0.15, 0.2) is 152 Å². The van der Waals surface area contributed by atoms with Crippen molar-refractivity contribution < 1.29 is 0 Å². The number of nitrogens with zero attached hydrogens (tertiary/aromatic N) is 3. The van der Waals surface area contributed by atoms with Crippen molar-refractivity contribution >= 4 is 74.9 Å². The molecule has 0 spiro atoms. The van der Waals surface area contributed by atoms with E-state index in [0.29, 0.717) is 5.95 Å². The van der Waals surface area contributed by atoms with Crippen LogP contribution in [0, 0.1) is 0 Å². The number of aromatic nitrogens is 3. The first-order chi connectivity index (χ1) is 22.8. The van der Waals surface area contributed by atoms with Crippen molar-refractivity contribution in [2.24, 2.45) is 0 Å². The minimum absolute atomic E-state index is 0.670. The third-order valence-corrected chi connectivity index (χ3v) is 10.4. The Kier molecular flexibility index (Phi) is 5.45. The number of thiophene rings is 1. The molecule has 46 heavy (non-hydrogen) atoms. The summed E-state index contributed by atoms with van der Waals surface area (Å²) in [5, 5.41) is 10.1. The fourth-order valence-electron chi connectivity index (χ4n) is 7.19. The molecule has 0 unspecified atom stereocenters. The molecule has 10 rings (SSSR count). The van der Waals surface area contributed by atoms with Crippen LogP contribution in [0.1, 0.15) is 0 Å². The highest BCUT2D eigenvalue weighted by molar-refractivity contribution is 7.27. The monoisotopic (exact) mass is 603 g/mol. The van der Waals surface area contributed by atoms with Crippen LogP contribution >= 0.6 is 11.3 Å². The zero-order valence-electron chi connectivity index (χ0n) is 24.7. The molecule has 0 radical (unpaired) electrons. The highest BCUT2D eigenvalue weighted by atomic mass is 32.1. The van der Waals surface area contributed by atoms with Gasteiger partial charge in [0.2, 0.25) is 5.95 Å². The molecular weight excluding hydrogens is 579 g/mol. The van der Waals surface area contributed by atoms with E-state index in [1.165, 1.54) is 52.5 Å². The minimum Gasteiger partial charge on any atom is -0.277 e. The average Bonchev–Trinajstić information content (AvgIpc) is 3.68. The lowest BCUT2D eigenvalue weighted by atomic mass is 9.95. The summed E-state index contributed by atoms with van der Waals surface area (Å²) in [7, 11) is 0. The number of fused-ring (bicyclic) bond motifs is 12. The number of para-hydroxylation sites is 1. The molecule has 214 valence electrons. The summed E-state index contributed by atoms with van der Waals surface area (Å²) >= 11 is 1.88. The van der Waals surface area contributed by atoms with Crippen molar-refractivity contribution in [1.82, 2.24) is 14.5 Å².